The van der Waals surface area contributed by atoms with E-state index in [9.17, 15) is 29.9 Å². The number of phenols is 1. The minimum atomic E-state index is -1.01. The summed E-state index contributed by atoms with van der Waals surface area (Å²) in [6.45, 7) is 23.4. The summed E-state index contributed by atoms with van der Waals surface area (Å²) in [7, 11) is 0. The van der Waals surface area contributed by atoms with Crippen molar-refractivity contribution in [3.05, 3.63) is 161 Å². The molecule has 4 aliphatic heterocycles. The lowest BCUT2D eigenvalue weighted by atomic mass is 9.83. The number of rotatable bonds is 16. The summed E-state index contributed by atoms with van der Waals surface area (Å²) in [6, 6.07) is 22.5. The number of anilines is 1. The molecule has 4 aliphatic rings. The number of carbonyl (C=O) groups is 2. The van der Waals surface area contributed by atoms with Crippen molar-refractivity contribution in [2.75, 3.05) is 31.1 Å². The molecule has 0 fully saturated rings. The normalized spacial score (nSPS) is 16.8. The van der Waals surface area contributed by atoms with E-state index in [4.69, 9.17) is 19.1 Å². The van der Waals surface area contributed by atoms with E-state index in [2.05, 4.69) is 98.1 Å². The van der Waals surface area contributed by atoms with Crippen molar-refractivity contribution in [1.29, 1.82) is 0 Å². The summed E-state index contributed by atoms with van der Waals surface area (Å²) >= 11 is 0. The van der Waals surface area contributed by atoms with Gasteiger partial charge in [0, 0.05) is 110 Å². The maximum Gasteiger partial charge on any atom is 0.373 e. The number of aromatic carboxylic acids is 1. The second-order valence-corrected chi connectivity index (χ2v) is 22.0. The molecule has 4 N–H and O–H groups in total. The fourth-order valence-corrected chi connectivity index (χ4v) is 11.8. The van der Waals surface area contributed by atoms with Gasteiger partial charge < -0.3 is 29.9 Å². The number of allylic oxidation sites excluding steroid dienone is 2. The predicted octanol–water partition coefficient (Wildman–Crippen LogP) is 10.9. The molecule has 15 nitrogen and oxygen atoms in total. The van der Waals surface area contributed by atoms with Crippen LogP contribution >= 0.6 is 0 Å². The van der Waals surface area contributed by atoms with Gasteiger partial charge in [-0.25, -0.2) is 9.37 Å². The number of non-ortho nitro benzene ring substituents is 1. The van der Waals surface area contributed by atoms with Crippen LogP contribution in [0.15, 0.2) is 84.9 Å². The van der Waals surface area contributed by atoms with Gasteiger partial charge in [-0.05, 0) is 144 Å². The Morgan fingerprint density at radius 3 is 2.18 bits per heavy atom. The zero-order chi connectivity index (χ0) is 55.7. The summed E-state index contributed by atoms with van der Waals surface area (Å²) in [5.41, 5.74) is 11.2. The molecule has 79 heavy (non-hydrogen) atoms. The number of unbranched alkanes of at least 4 members (excludes halogenated alkanes) is 2. The highest BCUT2D eigenvalue weighted by Gasteiger charge is 2.38. The summed E-state index contributed by atoms with van der Waals surface area (Å²) in [5.74, 6) is 1.47. The minimum absolute atomic E-state index is 0. The lowest BCUT2D eigenvalue weighted by molar-refractivity contribution is -0.384. The first-order chi connectivity index (χ1) is 36.5. The number of nitrogens with zero attached hydrogens (tertiary/aromatic N) is 3. The van der Waals surface area contributed by atoms with Gasteiger partial charge in [0.15, 0.2) is 11.3 Å². The Balaban J connectivity index is 0.00000197. The number of phenolic OH excluding ortho intramolecular Hbond substituents is 1. The molecule has 1 atom stereocenters. The number of nitro groups is 1. The molecule has 0 spiro atoms. The van der Waals surface area contributed by atoms with Gasteiger partial charge in [0.05, 0.1) is 22.1 Å². The SMILES string of the molecule is C.C.CC1=CC(C)(C)N(CCc2ccc([N+](=O)[O-])cc2)c2cc3c(cc21)C(c1ccccc1C(=O)O)=c1cc2c(cc1O3)=[N+](CCCCCC(=O)NCCNC1(C)CCc3c(C)c(O)c(C)c(C)c3O1)C(C)(C)C=C2C.O=C=O. The van der Waals surface area contributed by atoms with Crippen LogP contribution in [0.5, 0.6) is 23.0 Å². The molecule has 15 heteroatoms. The van der Waals surface area contributed by atoms with E-state index in [-0.39, 0.29) is 54.2 Å². The number of hydrogen-bond donors (Lipinski definition) is 4. The number of nitrogens with one attached hydrogen (secondary N) is 2. The topological polar surface area (TPSA) is 201 Å². The van der Waals surface area contributed by atoms with Crippen LogP contribution in [0.1, 0.15) is 156 Å². The number of ether oxygens (including phenoxy) is 2. The van der Waals surface area contributed by atoms with Gasteiger partial charge in [-0.3, -0.25) is 20.2 Å². The molecule has 5 aromatic carbocycles. The Morgan fingerprint density at radius 2 is 1.49 bits per heavy atom. The minimum Gasteiger partial charge on any atom is -0.507 e. The van der Waals surface area contributed by atoms with Crippen LogP contribution < -0.4 is 40.2 Å². The Hall–Kier alpha value is -7.87. The van der Waals surface area contributed by atoms with E-state index < -0.39 is 11.7 Å². The number of fused-ring (bicyclic) bond motifs is 5. The third kappa shape index (κ3) is 12.2. The smallest absolute Gasteiger partial charge is 0.373 e. The number of aromatic hydroxyl groups is 1. The molecule has 9 rings (SSSR count). The zero-order valence-electron chi connectivity index (χ0n) is 45.9. The molecule has 0 saturated heterocycles. The molecular formula is C64H78N5O10+. The summed E-state index contributed by atoms with van der Waals surface area (Å²) in [4.78, 5) is 55.6. The lowest BCUT2D eigenvalue weighted by Crippen LogP contribution is -2.52. The van der Waals surface area contributed by atoms with E-state index in [1.807, 2.05) is 52.0 Å². The van der Waals surface area contributed by atoms with Crippen LogP contribution in [0.4, 0.5) is 11.4 Å². The second-order valence-electron chi connectivity index (χ2n) is 22.0. The molecule has 4 heterocycles. The average molecular weight is 1080 g/mol. The molecule has 0 saturated carbocycles. The number of carboxylic acids is 1. The number of hydrogen-bond acceptors (Lipinski definition) is 11. The zero-order valence-corrected chi connectivity index (χ0v) is 45.9. The summed E-state index contributed by atoms with van der Waals surface area (Å²) < 4.78 is 16.0. The van der Waals surface area contributed by atoms with Crippen LogP contribution in [-0.4, -0.2) is 76.1 Å². The van der Waals surface area contributed by atoms with Crippen LogP contribution in [0, 0.1) is 30.9 Å². The van der Waals surface area contributed by atoms with Gasteiger partial charge >= 0.3 is 12.1 Å². The van der Waals surface area contributed by atoms with Gasteiger partial charge in [-0.1, -0.05) is 51.3 Å². The third-order valence-electron chi connectivity index (χ3n) is 15.9. The highest BCUT2D eigenvalue weighted by molar-refractivity contribution is 5.99. The Morgan fingerprint density at radius 1 is 0.810 bits per heavy atom. The van der Waals surface area contributed by atoms with Gasteiger partial charge in [0.2, 0.25) is 11.3 Å². The molecule has 1 amide bonds. The molecule has 1 unspecified atom stereocenters. The standard InChI is InChI=1S/C61H69N5O8.CO2.2CH4/c1-36-34-59(6,7)64(28-15-11-12-18-54(67)62-26-27-63-61(10)25-23-43-40(5)56(68)38(3)39(4)57(43)74-61)50-32-52-48(30-46(36)50)55(44-16-13-14-17-45(44)58(69)70)49-31-47-37(2)35-60(8,9)65(51(47)33-53(49)73-52)29-24-41-19-21-42(22-20-41)66(71)72;2-1-3;;/h13-14,16-17,19-22,30-35,63H,11-12,15,18,23-29H2,1-10H3,(H2-,62,67,68,69,70);;2*1H4/p+1. The largest absolute Gasteiger partial charge is 0.507 e. The Bertz CT molecular complexity index is 3440. The van der Waals surface area contributed by atoms with Crippen molar-refractivity contribution in [3.63, 3.8) is 0 Å². The number of carboxylic acid groups (broad SMARTS) is 1. The number of nitro benzene ring substituents is 1. The van der Waals surface area contributed by atoms with Crippen molar-refractivity contribution in [2.24, 2.45) is 0 Å². The van der Waals surface area contributed by atoms with E-state index in [0.717, 1.165) is 122 Å². The van der Waals surface area contributed by atoms with Crippen molar-refractivity contribution < 1.29 is 43.8 Å². The first kappa shape index (κ1) is 60.4. The predicted molar refractivity (Wildman–Crippen MR) is 311 cm³/mol. The fraction of sp³-hybridized carbons (Fsp3) is 0.406. The Labute approximate surface area is 464 Å². The second kappa shape index (κ2) is 24.0. The highest BCUT2D eigenvalue weighted by atomic mass is 16.6. The van der Waals surface area contributed by atoms with Gasteiger partial charge in [0.25, 0.3) is 5.69 Å². The third-order valence-corrected chi connectivity index (χ3v) is 15.9. The highest BCUT2D eigenvalue weighted by Crippen LogP contribution is 2.47. The Kier molecular flexibility index (Phi) is 18.4. The quantitative estimate of drug-likeness (QED) is 0.0310. The van der Waals surface area contributed by atoms with E-state index in [0.29, 0.717) is 55.3 Å². The van der Waals surface area contributed by atoms with E-state index >= 15 is 0 Å². The summed E-state index contributed by atoms with van der Waals surface area (Å²) in [5, 5.41) is 41.0. The molecule has 418 valence electrons. The summed E-state index contributed by atoms with van der Waals surface area (Å²) in [6.07, 6.45) is 9.94. The fourth-order valence-electron chi connectivity index (χ4n) is 11.8. The van der Waals surface area contributed by atoms with Gasteiger partial charge in [0.1, 0.15) is 29.5 Å². The molecule has 0 bridgehead atoms. The van der Waals surface area contributed by atoms with Crippen molar-refractivity contribution >= 4 is 46.1 Å². The number of carbonyl (C=O) groups excluding carboxylic acids is 3. The maximum absolute atomic E-state index is 13.0. The van der Waals surface area contributed by atoms with Gasteiger partial charge in [-0.2, -0.15) is 9.59 Å². The van der Waals surface area contributed by atoms with Crippen molar-refractivity contribution in [3.8, 4) is 23.0 Å². The van der Waals surface area contributed by atoms with Crippen LogP contribution in [0.3, 0.4) is 0 Å². The first-order valence-corrected chi connectivity index (χ1v) is 26.4. The molecule has 0 radical (unpaired) electrons. The number of benzene rings is 5. The number of amides is 1. The molecule has 0 aliphatic carbocycles. The first-order valence-electron chi connectivity index (χ1n) is 26.4. The van der Waals surface area contributed by atoms with Crippen molar-refractivity contribution in [1.82, 2.24) is 15.2 Å². The molecular weight excluding hydrogens is 999 g/mol. The van der Waals surface area contributed by atoms with Gasteiger partial charge in [-0.15, -0.1) is 0 Å². The van der Waals surface area contributed by atoms with E-state index in [1.54, 1.807) is 24.3 Å². The van der Waals surface area contributed by atoms with Crippen LogP contribution in [0.2, 0.25) is 0 Å². The van der Waals surface area contributed by atoms with Crippen molar-refractivity contribution in [2.45, 2.75) is 146 Å². The maximum atomic E-state index is 13.0. The van der Waals surface area contributed by atoms with Crippen LogP contribution in [-0.2, 0) is 27.2 Å². The van der Waals surface area contributed by atoms with Crippen LogP contribution in [0.25, 0.3) is 16.7 Å². The molecule has 0 aromatic heterocycles. The lowest BCUT2D eigenvalue weighted by Gasteiger charge is -2.44. The average Bonchev–Trinajstić information content (AvgIpc) is 3.57. The van der Waals surface area contributed by atoms with E-state index in [1.165, 1.54) is 0 Å². The monoisotopic (exact) mass is 1080 g/mol. The molecule has 5 aromatic rings.